The molecule has 0 saturated heterocycles. The van der Waals surface area contributed by atoms with E-state index in [4.69, 9.17) is 4.43 Å². The maximum atomic E-state index is 11.9. The van der Waals surface area contributed by atoms with Gasteiger partial charge in [0.05, 0.1) is 6.10 Å². The van der Waals surface area contributed by atoms with Gasteiger partial charge in [-0.05, 0) is 19.0 Å². The summed E-state index contributed by atoms with van der Waals surface area (Å²) in [6, 6.07) is 0. The van der Waals surface area contributed by atoms with Gasteiger partial charge in [-0.3, -0.25) is 4.79 Å². The van der Waals surface area contributed by atoms with Crippen LogP contribution in [0.2, 0.25) is 13.1 Å². The summed E-state index contributed by atoms with van der Waals surface area (Å²) in [7, 11) is -1.68. The molecule has 0 amide bonds. The third kappa shape index (κ3) is 5.66. The van der Waals surface area contributed by atoms with Crippen LogP contribution in [0.4, 0.5) is 0 Å². The smallest absolute Gasteiger partial charge is 0.197 e. The Morgan fingerprint density at radius 1 is 1.29 bits per heavy atom. The van der Waals surface area contributed by atoms with Crippen molar-refractivity contribution < 1.29 is 9.22 Å². The largest absolute Gasteiger partial charge is 0.413 e. The number of halogens is 1. The fourth-order valence-corrected chi connectivity index (χ4v) is 3.48. The lowest BCUT2D eigenvalue weighted by Crippen LogP contribution is -2.44. The highest BCUT2D eigenvalue weighted by atomic mass is 79.9. The molecular weight excluding hydrogens is 296 g/mol. The van der Waals surface area contributed by atoms with Crippen LogP contribution in [0.25, 0.3) is 0 Å². The summed E-state index contributed by atoms with van der Waals surface area (Å²) >= 11 is 3.53. The Hall–Kier alpha value is 0.327. The van der Waals surface area contributed by atoms with Crippen LogP contribution in [0.1, 0.15) is 40.5 Å². The summed E-state index contributed by atoms with van der Waals surface area (Å²) in [5, 5.41) is 0. The third-order valence-corrected chi connectivity index (χ3v) is 8.94. The van der Waals surface area contributed by atoms with E-state index in [0.29, 0.717) is 18.1 Å². The molecule has 102 valence electrons. The molecule has 0 saturated carbocycles. The zero-order valence-electron chi connectivity index (χ0n) is 12.0. The number of Topliss-reactive ketones (excluding diaryl/α,β-unsaturated/α-hetero) is 1. The second-order valence-corrected chi connectivity index (χ2v) is 11.2. The van der Waals surface area contributed by atoms with Gasteiger partial charge in [0.15, 0.2) is 8.32 Å². The minimum Gasteiger partial charge on any atom is -0.413 e. The van der Waals surface area contributed by atoms with E-state index in [2.05, 4.69) is 42.9 Å². The van der Waals surface area contributed by atoms with Gasteiger partial charge in [0.2, 0.25) is 0 Å². The first-order valence-electron chi connectivity index (χ1n) is 6.55. The van der Waals surface area contributed by atoms with Crippen LogP contribution in [0.5, 0.6) is 0 Å². The molecule has 3 atom stereocenters. The molecular formula is C13H27BrO2Si. The molecule has 0 fully saturated rings. The van der Waals surface area contributed by atoms with Crippen molar-refractivity contribution in [3.8, 4) is 0 Å². The minimum atomic E-state index is -1.68. The minimum absolute atomic E-state index is 0.0146. The fourth-order valence-electron chi connectivity index (χ4n) is 1.85. The molecule has 0 aliphatic carbocycles. The van der Waals surface area contributed by atoms with Gasteiger partial charge in [-0.15, -0.1) is 0 Å². The van der Waals surface area contributed by atoms with E-state index < -0.39 is 8.32 Å². The predicted molar refractivity (Wildman–Crippen MR) is 80.1 cm³/mol. The molecule has 2 nitrogen and oxygen atoms in total. The van der Waals surface area contributed by atoms with E-state index in [1.807, 2.05) is 13.8 Å². The van der Waals surface area contributed by atoms with Gasteiger partial charge in [0, 0.05) is 17.3 Å². The first-order chi connectivity index (χ1) is 7.79. The van der Waals surface area contributed by atoms with Gasteiger partial charge in [0.1, 0.15) is 5.78 Å². The number of hydrogen-bond acceptors (Lipinski definition) is 2. The number of rotatable bonds is 8. The fraction of sp³-hybridized carbons (Fsp3) is 0.923. The summed E-state index contributed by atoms with van der Waals surface area (Å²) < 4.78 is 6.30. The van der Waals surface area contributed by atoms with Crippen LogP contribution in [0.15, 0.2) is 0 Å². The van der Waals surface area contributed by atoms with Gasteiger partial charge in [-0.25, -0.2) is 0 Å². The number of alkyl halides is 1. The highest BCUT2D eigenvalue weighted by molar-refractivity contribution is 9.09. The lowest BCUT2D eigenvalue weighted by Gasteiger charge is -2.35. The molecule has 0 radical (unpaired) electrons. The zero-order chi connectivity index (χ0) is 13.6. The van der Waals surface area contributed by atoms with E-state index >= 15 is 0 Å². The highest BCUT2D eigenvalue weighted by Gasteiger charge is 2.33. The molecule has 17 heavy (non-hydrogen) atoms. The first kappa shape index (κ1) is 17.3. The summed E-state index contributed by atoms with van der Waals surface area (Å²) in [6.45, 7) is 12.7. The lowest BCUT2D eigenvalue weighted by atomic mass is 9.88. The number of ketones is 1. The Morgan fingerprint density at radius 3 is 2.18 bits per heavy atom. The average Bonchev–Trinajstić information content (AvgIpc) is 2.33. The second kappa shape index (κ2) is 7.69. The Kier molecular flexibility index (Phi) is 7.84. The van der Waals surface area contributed by atoms with Gasteiger partial charge in [0.25, 0.3) is 0 Å². The normalized spacial score (nSPS) is 17.6. The molecule has 0 aliphatic rings. The molecule has 0 aromatic rings. The van der Waals surface area contributed by atoms with E-state index in [1.54, 1.807) is 0 Å². The molecule has 4 heteroatoms. The summed E-state index contributed by atoms with van der Waals surface area (Å²) in [5.41, 5.74) is 0. The Morgan fingerprint density at radius 2 is 1.82 bits per heavy atom. The molecule has 0 aromatic carbocycles. The van der Waals surface area contributed by atoms with Crippen molar-refractivity contribution in [2.75, 3.05) is 4.95 Å². The van der Waals surface area contributed by atoms with Crippen LogP contribution < -0.4 is 0 Å². The van der Waals surface area contributed by atoms with Crippen LogP contribution >= 0.6 is 15.9 Å². The molecule has 0 rings (SSSR count). The van der Waals surface area contributed by atoms with Gasteiger partial charge in [-0.2, -0.15) is 0 Å². The molecule has 0 heterocycles. The maximum absolute atomic E-state index is 11.9. The number of carbonyl (C=O) groups excluding carboxylic acids is 1. The summed E-state index contributed by atoms with van der Waals surface area (Å²) in [6.07, 6.45) is 1.73. The predicted octanol–water partition coefficient (Wildman–Crippen LogP) is 4.17. The lowest BCUT2D eigenvalue weighted by molar-refractivity contribution is -0.126. The summed E-state index contributed by atoms with van der Waals surface area (Å²) in [5.74, 6) is 0.766. The monoisotopic (exact) mass is 322 g/mol. The van der Waals surface area contributed by atoms with Crippen molar-refractivity contribution in [2.24, 2.45) is 11.8 Å². The van der Waals surface area contributed by atoms with Crippen LogP contribution in [-0.2, 0) is 9.22 Å². The number of carbonyl (C=O) groups is 1. The Labute approximate surface area is 116 Å². The van der Waals surface area contributed by atoms with E-state index in [-0.39, 0.29) is 12.0 Å². The van der Waals surface area contributed by atoms with Crippen molar-refractivity contribution in [1.29, 1.82) is 0 Å². The van der Waals surface area contributed by atoms with Gasteiger partial charge >= 0.3 is 0 Å². The molecule has 0 N–H and O–H groups in total. The number of hydrogen-bond donors (Lipinski definition) is 0. The molecule has 0 aliphatic heterocycles. The van der Waals surface area contributed by atoms with E-state index in [1.165, 1.54) is 0 Å². The first-order valence-corrected chi connectivity index (χ1v) is 10.8. The standard InChI is InChI=1S/C13H27BrO2Si/c1-7-10(3)13(11(4)12(15)8-2)16-17(5,6)9-14/h10-11,13H,7-9H2,1-6H3/t10?,11-,13-/m0/s1. The van der Waals surface area contributed by atoms with E-state index in [0.717, 1.165) is 11.4 Å². The average molecular weight is 323 g/mol. The second-order valence-electron chi connectivity index (χ2n) is 5.47. The van der Waals surface area contributed by atoms with E-state index in [9.17, 15) is 4.79 Å². The molecule has 0 bridgehead atoms. The molecule has 1 unspecified atom stereocenters. The zero-order valence-corrected chi connectivity index (χ0v) is 14.6. The Bertz CT molecular complexity index is 244. The molecule has 0 spiro atoms. The van der Waals surface area contributed by atoms with Gasteiger partial charge < -0.3 is 4.43 Å². The topological polar surface area (TPSA) is 26.3 Å². The highest BCUT2D eigenvalue weighted by Crippen LogP contribution is 2.25. The quantitative estimate of drug-likeness (QED) is 0.495. The van der Waals surface area contributed by atoms with Crippen molar-refractivity contribution >= 4 is 30.0 Å². The van der Waals surface area contributed by atoms with Crippen molar-refractivity contribution in [2.45, 2.75) is 59.7 Å². The SMILES string of the molecule is CCC(=O)[C@H](C)[C@@H](O[Si](C)(C)CBr)C(C)CC. The van der Waals surface area contributed by atoms with Crippen molar-refractivity contribution in [3.05, 3.63) is 0 Å². The maximum Gasteiger partial charge on any atom is 0.197 e. The van der Waals surface area contributed by atoms with Crippen molar-refractivity contribution in [1.82, 2.24) is 0 Å². The van der Waals surface area contributed by atoms with Crippen LogP contribution in [-0.4, -0.2) is 25.2 Å². The molecule has 0 aromatic heterocycles. The van der Waals surface area contributed by atoms with Crippen LogP contribution in [0, 0.1) is 11.8 Å². The van der Waals surface area contributed by atoms with Crippen molar-refractivity contribution in [3.63, 3.8) is 0 Å². The third-order valence-electron chi connectivity index (χ3n) is 3.33. The Balaban J connectivity index is 4.82. The summed E-state index contributed by atoms with van der Waals surface area (Å²) in [4.78, 5) is 12.8. The van der Waals surface area contributed by atoms with Gasteiger partial charge in [-0.1, -0.05) is 50.0 Å². The van der Waals surface area contributed by atoms with Crippen LogP contribution in [0.3, 0.4) is 0 Å².